The summed E-state index contributed by atoms with van der Waals surface area (Å²) in [5.41, 5.74) is 2.70. The Labute approximate surface area is 157 Å². The number of nitrogens with one attached hydrogen (secondary N) is 2. The van der Waals surface area contributed by atoms with Crippen LogP contribution in [0.5, 0.6) is 0 Å². The lowest BCUT2D eigenvalue weighted by molar-refractivity contribution is 0.0526. The molecule has 4 nitrogen and oxygen atoms in total. The van der Waals surface area contributed by atoms with Gasteiger partial charge in [0.05, 0.1) is 12.2 Å². The van der Waals surface area contributed by atoms with Crippen molar-refractivity contribution in [2.45, 2.75) is 33.1 Å². The topological polar surface area (TPSA) is 50.4 Å². The lowest BCUT2D eigenvalue weighted by Gasteiger charge is -2.18. The second kappa shape index (κ2) is 7.97. The Hall–Kier alpha value is -1.92. The molecule has 0 bridgehead atoms. The van der Waals surface area contributed by atoms with Crippen LogP contribution >= 0.6 is 23.6 Å². The van der Waals surface area contributed by atoms with Crippen molar-refractivity contribution in [2.75, 3.05) is 17.2 Å². The number of fused-ring (bicyclic) bond motifs is 1. The van der Waals surface area contributed by atoms with Gasteiger partial charge in [0.2, 0.25) is 0 Å². The summed E-state index contributed by atoms with van der Waals surface area (Å²) >= 11 is 7.04. The molecule has 0 saturated carbocycles. The normalized spacial score (nSPS) is 16.0. The van der Waals surface area contributed by atoms with Crippen molar-refractivity contribution in [3.8, 4) is 0 Å². The van der Waals surface area contributed by atoms with Crippen molar-refractivity contribution in [1.29, 1.82) is 0 Å². The number of esters is 1. The third-order valence-electron chi connectivity index (χ3n) is 4.25. The molecule has 0 amide bonds. The molecule has 0 aliphatic heterocycles. The Morgan fingerprint density at radius 2 is 2.08 bits per heavy atom. The first kappa shape index (κ1) is 17.9. The largest absolute Gasteiger partial charge is 0.462 e. The van der Waals surface area contributed by atoms with Crippen molar-refractivity contribution in [3.63, 3.8) is 0 Å². The summed E-state index contributed by atoms with van der Waals surface area (Å²) in [6, 6.07) is 9.73. The summed E-state index contributed by atoms with van der Waals surface area (Å²) in [5.74, 6) is 0.378. The highest BCUT2D eigenvalue weighted by Gasteiger charge is 2.28. The number of rotatable bonds is 4. The maximum atomic E-state index is 12.5. The lowest BCUT2D eigenvalue weighted by atomic mass is 9.88. The molecule has 0 spiro atoms. The molecule has 1 aliphatic rings. The van der Waals surface area contributed by atoms with E-state index in [2.05, 4.69) is 17.6 Å². The molecular weight excluding hydrogens is 352 g/mol. The number of thiophene rings is 1. The number of anilines is 2. The minimum Gasteiger partial charge on any atom is -0.462 e. The third kappa shape index (κ3) is 4.19. The lowest BCUT2D eigenvalue weighted by Crippen LogP contribution is -2.20. The van der Waals surface area contributed by atoms with E-state index in [1.54, 1.807) is 11.3 Å². The number of para-hydroxylation sites is 1. The van der Waals surface area contributed by atoms with E-state index in [1.807, 2.05) is 37.3 Å². The zero-order chi connectivity index (χ0) is 17.8. The van der Waals surface area contributed by atoms with Crippen LogP contribution in [0.4, 0.5) is 10.7 Å². The number of hydrogen-bond acceptors (Lipinski definition) is 4. The molecule has 132 valence electrons. The number of hydrogen-bond donors (Lipinski definition) is 2. The molecule has 0 saturated heterocycles. The highest BCUT2D eigenvalue weighted by Crippen LogP contribution is 2.40. The van der Waals surface area contributed by atoms with E-state index in [-0.39, 0.29) is 5.97 Å². The smallest absolute Gasteiger partial charge is 0.341 e. The van der Waals surface area contributed by atoms with Gasteiger partial charge in [-0.05, 0) is 62.0 Å². The van der Waals surface area contributed by atoms with Gasteiger partial charge in [0, 0.05) is 10.6 Å². The van der Waals surface area contributed by atoms with E-state index in [0.29, 0.717) is 23.2 Å². The fourth-order valence-corrected chi connectivity index (χ4v) is 4.73. The van der Waals surface area contributed by atoms with Crippen LogP contribution in [-0.2, 0) is 17.6 Å². The van der Waals surface area contributed by atoms with Crippen LogP contribution in [0.2, 0.25) is 0 Å². The zero-order valence-corrected chi connectivity index (χ0v) is 16.1. The molecule has 1 aromatic heterocycles. The zero-order valence-electron chi connectivity index (χ0n) is 14.4. The van der Waals surface area contributed by atoms with Crippen molar-refractivity contribution in [1.82, 2.24) is 0 Å². The van der Waals surface area contributed by atoms with E-state index < -0.39 is 0 Å². The van der Waals surface area contributed by atoms with Crippen LogP contribution in [0.1, 0.15) is 41.1 Å². The van der Waals surface area contributed by atoms with E-state index in [0.717, 1.165) is 35.5 Å². The minimum atomic E-state index is -0.264. The third-order valence-corrected chi connectivity index (χ3v) is 5.62. The predicted molar refractivity (Wildman–Crippen MR) is 108 cm³/mol. The summed E-state index contributed by atoms with van der Waals surface area (Å²) in [6.07, 6.45) is 3.02. The van der Waals surface area contributed by atoms with E-state index in [4.69, 9.17) is 17.0 Å². The average molecular weight is 375 g/mol. The Kier molecular flexibility index (Phi) is 5.71. The van der Waals surface area contributed by atoms with Crippen molar-refractivity contribution in [2.24, 2.45) is 5.92 Å². The fourth-order valence-electron chi connectivity index (χ4n) is 3.04. The maximum absolute atomic E-state index is 12.5. The molecule has 1 heterocycles. The van der Waals surface area contributed by atoms with Gasteiger partial charge >= 0.3 is 5.97 Å². The number of ether oxygens (including phenoxy) is 1. The standard InChI is InChI=1S/C19H22N2O2S2/c1-3-23-18(22)16-14-10-9-12(2)11-15(14)25-17(16)21-19(24)20-13-7-5-4-6-8-13/h4-8,12H,3,9-11H2,1-2H3,(H2,20,21,24)/t12-/m0/s1. The van der Waals surface area contributed by atoms with Crippen LogP contribution < -0.4 is 10.6 Å². The van der Waals surface area contributed by atoms with Gasteiger partial charge in [0.25, 0.3) is 0 Å². The van der Waals surface area contributed by atoms with Gasteiger partial charge in [0.1, 0.15) is 5.00 Å². The Bertz CT molecular complexity index is 771. The Morgan fingerprint density at radius 3 is 2.80 bits per heavy atom. The van der Waals surface area contributed by atoms with E-state index >= 15 is 0 Å². The summed E-state index contributed by atoms with van der Waals surface area (Å²) in [5, 5.41) is 7.62. The predicted octanol–water partition coefficient (Wildman–Crippen LogP) is 4.86. The number of thiocarbonyl (C=S) groups is 1. The molecule has 1 atom stereocenters. The summed E-state index contributed by atoms with van der Waals surface area (Å²) in [6.45, 7) is 4.45. The van der Waals surface area contributed by atoms with Crippen molar-refractivity contribution in [3.05, 3.63) is 46.3 Å². The van der Waals surface area contributed by atoms with Crippen molar-refractivity contribution < 1.29 is 9.53 Å². The molecule has 6 heteroatoms. The highest BCUT2D eigenvalue weighted by atomic mass is 32.1. The van der Waals surface area contributed by atoms with E-state index in [1.165, 1.54) is 4.88 Å². The van der Waals surface area contributed by atoms with Gasteiger partial charge in [-0.3, -0.25) is 0 Å². The fraction of sp³-hybridized carbons (Fsp3) is 0.368. The SMILES string of the molecule is CCOC(=O)c1c(NC(=S)Nc2ccccc2)sc2c1CC[C@H](C)C2. The van der Waals surface area contributed by atoms with Gasteiger partial charge in [-0.2, -0.15) is 0 Å². The van der Waals surface area contributed by atoms with Gasteiger partial charge in [-0.1, -0.05) is 25.1 Å². The monoisotopic (exact) mass is 374 g/mol. The minimum absolute atomic E-state index is 0.264. The molecule has 0 unspecified atom stereocenters. The number of carbonyl (C=O) groups excluding carboxylic acids is 1. The van der Waals surface area contributed by atoms with Crippen LogP contribution in [0.25, 0.3) is 0 Å². The maximum Gasteiger partial charge on any atom is 0.341 e. The van der Waals surface area contributed by atoms with Crippen LogP contribution in [0, 0.1) is 5.92 Å². The molecule has 1 aliphatic carbocycles. The first-order valence-electron chi connectivity index (χ1n) is 8.53. The van der Waals surface area contributed by atoms with Crippen molar-refractivity contribution >= 4 is 45.3 Å². The van der Waals surface area contributed by atoms with Crippen LogP contribution in [0.3, 0.4) is 0 Å². The van der Waals surface area contributed by atoms with Gasteiger partial charge < -0.3 is 15.4 Å². The average Bonchev–Trinajstić information content (AvgIpc) is 2.92. The molecule has 2 N–H and O–H groups in total. The molecule has 1 aromatic carbocycles. The first-order valence-corrected chi connectivity index (χ1v) is 9.75. The second-order valence-electron chi connectivity index (χ2n) is 6.22. The Morgan fingerprint density at radius 1 is 1.32 bits per heavy atom. The quantitative estimate of drug-likeness (QED) is 0.591. The molecule has 2 aromatic rings. The highest BCUT2D eigenvalue weighted by molar-refractivity contribution is 7.80. The number of benzene rings is 1. The van der Waals surface area contributed by atoms with Gasteiger partial charge in [-0.15, -0.1) is 11.3 Å². The molecule has 0 radical (unpaired) electrons. The Balaban J connectivity index is 1.84. The summed E-state index contributed by atoms with van der Waals surface area (Å²) in [4.78, 5) is 13.8. The summed E-state index contributed by atoms with van der Waals surface area (Å²) in [7, 11) is 0. The number of carbonyl (C=O) groups is 1. The molecule has 25 heavy (non-hydrogen) atoms. The van der Waals surface area contributed by atoms with Crippen LogP contribution in [0.15, 0.2) is 30.3 Å². The first-order chi connectivity index (χ1) is 12.1. The molecule has 3 rings (SSSR count). The second-order valence-corrected chi connectivity index (χ2v) is 7.73. The van der Waals surface area contributed by atoms with E-state index in [9.17, 15) is 4.79 Å². The molecule has 0 fully saturated rings. The van der Waals surface area contributed by atoms with Crippen LogP contribution in [-0.4, -0.2) is 17.7 Å². The van der Waals surface area contributed by atoms with Gasteiger partial charge in [-0.25, -0.2) is 4.79 Å². The summed E-state index contributed by atoms with van der Waals surface area (Å²) < 4.78 is 5.28. The molecular formula is C19H22N2O2S2. The van der Waals surface area contributed by atoms with Gasteiger partial charge in [0.15, 0.2) is 5.11 Å².